The average Bonchev–Trinajstić information content (AvgIpc) is 3.47. The van der Waals surface area contributed by atoms with Crippen molar-refractivity contribution in [1.29, 1.82) is 0 Å². The number of amides is 1. The van der Waals surface area contributed by atoms with Gasteiger partial charge in [-0.15, -0.1) is 11.3 Å². The molecule has 158 valence electrons. The highest BCUT2D eigenvalue weighted by Crippen LogP contribution is 2.26. The Morgan fingerprint density at radius 1 is 1.03 bits per heavy atom. The molecule has 1 saturated heterocycles. The minimum Gasteiger partial charge on any atom is -0.345 e. The van der Waals surface area contributed by atoms with Gasteiger partial charge in [-0.3, -0.25) is 4.79 Å². The Hall–Kier alpha value is -3.08. The number of carbonyl (C=O) groups excluding carboxylic acids is 1. The van der Waals surface area contributed by atoms with Gasteiger partial charge < -0.3 is 9.88 Å². The number of aromatic amines is 1. The minimum absolute atomic E-state index is 0.174. The minimum atomic E-state index is -3.68. The van der Waals surface area contributed by atoms with Crippen LogP contribution >= 0.6 is 11.3 Å². The van der Waals surface area contributed by atoms with Crippen LogP contribution < -0.4 is 0 Å². The van der Waals surface area contributed by atoms with Crippen molar-refractivity contribution in [2.24, 2.45) is 0 Å². The Labute approximate surface area is 183 Å². The third-order valence-corrected chi connectivity index (χ3v) is 8.13. The first-order chi connectivity index (χ1) is 15.0. The molecule has 0 bridgehead atoms. The summed E-state index contributed by atoms with van der Waals surface area (Å²) >= 11 is 1.42. The number of hydrogen-bond acceptors (Lipinski definition) is 6. The molecule has 1 aliphatic rings. The fourth-order valence-corrected chi connectivity index (χ4v) is 6.03. The fraction of sp³-hybridized carbons (Fsp3) is 0.190. The van der Waals surface area contributed by atoms with E-state index in [9.17, 15) is 13.2 Å². The zero-order valence-electron chi connectivity index (χ0n) is 16.4. The summed E-state index contributed by atoms with van der Waals surface area (Å²) in [6, 6.07) is 13.2. The number of thiazole rings is 1. The van der Waals surface area contributed by atoms with Crippen molar-refractivity contribution in [3.63, 3.8) is 0 Å². The second kappa shape index (κ2) is 7.88. The number of aromatic nitrogens is 3. The van der Waals surface area contributed by atoms with Gasteiger partial charge in [0.15, 0.2) is 0 Å². The fourth-order valence-electron chi connectivity index (χ4n) is 3.66. The van der Waals surface area contributed by atoms with Crippen LogP contribution in [-0.2, 0) is 10.0 Å². The quantitative estimate of drug-likeness (QED) is 0.512. The van der Waals surface area contributed by atoms with Crippen molar-refractivity contribution in [2.75, 3.05) is 26.2 Å². The molecule has 3 aromatic heterocycles. The van der Waals surface area contributed by atoms with Gasteiger partial charge in [-0.1, -0.05) is 30.3 Å². The molecular weight excluding hydrogens is 434 g/mol. The SMILES string of the molecule is O=C(c1csc(-c2ccccc2)n1)N1CCN(S(=O)(=O)c2c[nH]c3ncccc23)CC1. The second-order valence-corrected chi connectivity index (χ2v) is 9.92. The van der Waals surface area contributed by atoms with Crippen LogP contribution in [0.3, 0.4) is 0 Å². The zero-order chi connectivity index (χ0) is 21.4. The number of hydrogen-bond donors (Lipinski definition) is 1. The number of pyridine rings is 1. The lowest BCUT2D eigenvalue weighted by molar-refractivity contribution is 0.0693. The van der Waals surface area contributed by atoms with Crippen LogP contribution in [0.25, 0.3) is 21.6 Å². The third kappa shape index (κ3) is 3.62. The van der Waals surface area contributed by atoms with Crippen molar-refractivity contribution in [3.8, 4) is 10.6 Å². The molecule has 0 unspecified atom stereocenters. The van der Waals surface area contributed by atoms with Crippen LogP contribution in [0, 0.1) is 0 Å². The van der Waals surface area contributed by atoms with Gasteiger partial charge in [0.2, 0.25) is 10.0 Å². The van der Waals surface area contributed by atoms with Gasteiger partial charge in [0.1, 0.15) is 21.2 Å². The lowest BCUT2D eigenvalue weighted by atomic mass is 10.2. The van der Waals surface area contributed by atoms with Crippen molar-refractivity contribution >= 4 is 38.3 Å². The summed E-state index contributed by atoms with van der Waals surface area (Å²) in [4.78, 5) is 26.3. The largest absolute Gasteiger partial charge is 0.345 e. The molecule has 10 heteroatoms. The van der Waals surface area contributed by atoms with E-state index in [1.807, 2.05) is 30.3 Å². The van der Waals surface area contributed by atoms with Crippen LogP contribution in [-0.4, -0.2) is 64.7 Å². The van der Waals surface area contributed by atoms with Crippen LogP contribution in [0.5, 0.6) is 0 Å². The van der Waals surface area contributed by atoms with Gasteiger partial charge in [-0.2, -0.15) is 4.31 Å². The molecule has 0 radical (unpaired) electrons. The van der Waals surface area contributed by atoms with E-state index in [0.29, 0.717) is 29.8 Å². The van der Waals surface area contributed by atoms with Crippen molar-refractivity contribution in [3.05, 3.63) is 65.9 Å². The molecule has 4 heterocycles. The summed E-state index contributed by atoms with van der Waals surface area (Å²) in [6.45, 7) is 1.10. The van der Waals surface area contributed by atoms with E-state index in [-0.39, 0.29) is 23.9 Å². The average molecular weight is 454 g/mol. The first kappa shape index (κ1) is 19.9. The highest BCUT2D eigenvalue weighted by Gasteiger charge is 2.32. The Morgan fingerprint density at radius 3 is 2.58 bits per heavy atom. The number of nitrogens with zero attached hydrogens (tertiary/aromatic N) is 4. The van der Waals surface area contributed by atoms with Crippen LogP contribution in [0.1, 0.15) is 10.5 Å². The number of benzene rings is 1. The summed E-state index contributed by atoms with van der Waals surface area (Å²) in [5, 5.41) is 3.11. The van der Waals surface area contributed by atoms with E-state index in [1.54, 1.807) is 28.6 Å². The molecule has 0 saturated carbocycles. The van der Waals surface area contributed by atoms with Crippen molar-refractivity contribution in [1.82, 2.24) is 24.2 Å². The maximum atomic E-state index is 13.1. The number of H-pyrrole nitrogens is 1. The summed E-state index contributed by atoms with van der Waals surface area (Å²) in [5.41, 5.74) is 1.89. The van der Waals surface area contributed by atoms with Crippen LogP contribution in [0.4, 0.5) is 0 Å². The summed E-state index contributed by atoms with van der Waals surface area (Å²) in [7, 11) is -3.68. The standard InChI is InChI=1S/C21H19N5O3S2/c27-21(17-14-30-20(24-17)15-5-2-1-3-6-15)25-9-11-26(12-10-25)31(28,29)18-13-23-19-16(18)7-4-8-22-19/h1-8,13-14H,9-12H2,(H,22,23). The first-order valence-electron chi connectivity index (χ1n) is 9.76. The van der Waals surface area contributed by atoms with E-state index in [1.165, 1.54) is 21.8 Å². The molecule has 1 fully saturated rings. The number of fused-ring (bicyclic) bond motifs is 1. The lowest BCUT2D eigenvalue weighted by Gasteiger charge is -2.33. The second-order valence-electron chi connectivity index (χ2n) is 7.15. The number of piperazine rings is 1. The van der Waals surface area contributed by atoms with Crippen LogP contribution in [0.15, 0.2) is 65.1 Å². The molecule has 31 heavy (non-hydrogen) atoms. The number of carbonyl (C=O) groups is 1. The van der Waals surface area contributed by atoms with Gasteiger partial charge in [-0.05, 0) is 12.1 Å². The number of nitrogens with one attached hydrogen (secondary N) is 1. The lowest BCUT2D eigenvalue weighted by Crippen LogP contribution is -2.50. The third-order valence-electron chi connectivity index (χ3n) is 5.30. The monoisotopic (exact) mass is 453 g/mol. The van der Waals surface area contributed by atoms with E-state index in [4.69, 9.17) is 0 Å². The van der Waals surface area contributed by atoms with Gasteiger partial charge in [0, 0.05) is 54.9 Å². The molecule has 0 aliphatic carbocycles. The Bertz CT molecular complexity index is 1340. The van der Waals surface area contributed by atoms with Gasteiger partial charge in [-0.25, -0.2) is 18.4 Å². The molecular formula is C21H19N5O3S2. The van der Waals surface area contributed by atoms with Crippen molar-refractivity contribution < 1.29 is 13.2 Å². The molecule has 8 nitrogen and oxygen atoms in total. The van der Waals surface area contributed by atoms with Gasteiger partial charge in [0.05, 0.1) is 0 Å². The number of sulfonamides is 1. The molecule has 1 aromatic carbocycles. The van der Waals surface area contributed by atoms with Crippen LogP contribution in [0.2, 0.25) is 0 Å². The predicted molar refractivity (Wildman–Crippen MR) is 118 cm³/mol. The number of rotatable bonds is 4. The first-order valence-corrected chi connectivity index (χ1v) is 12.1. The summed E-state index contributed by atoms with van der Waals surface area (Å²) < 4.78 is 27.7. The Balaban J connectivity index is 1.29. The normalized spacial score (nSPS) is 15.4. The Kier molecular flexibility index (Phi) is 5.05. The van der Waals surface area contributed by atoms with Gasteiger partial charge >= 0.3 is 0 Å². The molecule has 1 aliphatic heterocycles. The van der Waals surface area contributed by atoms with E-state index < -0.39 is 10.0 Å². The van der Waals surface area contributed by atoms with E-state index >= 15 is 0 Å². The molecule has 4 aromatic rings. The maximum absolute atomic E-state index is 13.1. The highest BCUT2D eigenvalue weighted by atomic mass is 32.2. The van der Waals surface area contributed by atoms with E-state index in [2.05, 4.69) is 15.0 Å². The zero-order valence-corrected chi connectivity index (χ0v) is 18.1. The molecule has 1 amide bonds. The maximum Gasteiger partial charge on any atom is 0.273 e. The molecule has 1 N–H and O–H groups in total. The van der Waals surface area contributed by atoms with Gasteiger partial charge in [0.25, 0.3) is 5.91 Å². The topological polar surface area (TPSA) is 99.3 Å². The molecule has 5 rings (SSSR count). The molecule has 0 atom stereocenters. The smallest absolute Gasteiger partial charge is 0.273 e. The Morgan fingerprint density at radius 2 is 1.81 bits per heavy atom. The highest BCUT2D eigenvalue weighted by molar-refractivity contribution is 7.89. The molecule has 0 spiro atoms. The van der Waals surface area contributed by atoms with E-state index in [0.717, 1.165) is 10.6 Å². The summed E-state index contributed by atoms with van der Waals surface area (Å²) in [5.74, 6) is -0.174. The summed E-state index contributed by atoms with van der Waals surface area (Å²) in [6.07, 6.45) is 3.09. The predicted octanol–water partition coefficient (Wildman–Crippen LogP) is 2.83. The van der Waals surface area contributed by atoms with Crippen molar-refractivity contribution in [2.45, 2.75) is 4.90 Å².